The van der Waals surface area contributed by atoms with Crippen molar-refractivity contribution in [1.82, 2.24) is 4.98 Å². The molecule has 0 amide bonds. The van der Waals surface area contributed by atoms with Gasteiger partial charge in [0.2, 0.25) is 5.12 Å². The summed E-state index contributed by atoms with van der Waals surface area (Å²) in [6, 6.07) is 5.30. The number of carbonyl (C=O) groups excluding carboxylic acids is 1. The lowest BCUT2D eigenvalue weighted by Crippen LogP contribution is -1.78. The minimum absolute atomic E-state index is 0.237. The van der Waals surface area contributed by atoms with E-state index in [1.165, 1.54) is 11.3 Å². The van der Waals surface area contributed by atoms with Crippen LogP contribution >= 0.6 is 35.6 Å². The molecule has 0 spiro atoms. The average molecular weight is 230 g/mol. The molecule has 0 radical (unpaired) electrons. The highest BCUT2D eigenvalue weighted by Crippen LogP contribution is 2.26. The Labute approximate surface area is 89.0 Å². The monoisotopic (exact) mass is 229 g/mol. The zero-order valence-corrected chi connectivity index (χ0v) is 8.79. The zero-order valence-electron chi connectivity index (χ0n) is 6.32. The number of hydrogen-bond donors (Lipinski definition) is 1. The summed E-state index contributed by atoms with van der Waals surface area (Å²) in [6.07, 6.45) is 0. The van der Waals surface area contributed by atoms with Crippen LogP contribution in [0.2, 0.25) is 5.15 Å². The van der Waals surface area contributed by atoms with Crippen LogP contribution in [0.1, 0.15) is 9.67 Å². The molecule has 66 valence electrons. The number of fused-ring (bicyclic) bond motifs is 1. The number of hydrogen-bond acceptors (Lipinski definition) is 3. The molecule has 0 saturated heterocycles. The molecule has 2 heterocycles. The van der Waals surface area contributed by atoms with Gasteiger partial charge in [-0.2, -0.15) is 0 Å². The van der Waals surface area contributed by atoms with E-state index in [0.29, 0.717) is 10.0 Å². The summed E-state index contributed by atoms with van der Waals surface area (Å²) in [6.45, 7) is 0. The van der Waals surface area contributed by atoms with Gasteiger partial charge in [0.25, 0.3) is 0 Å². The van der Waals surface area contributed by atoms with Gasteiger partial charge in [0.1, 0.15) is 9.98 Å². The molecule has 0 fully saturated rings. The van der Waals surface area contributed by atoms with Crippen LogP contribution in [0.3, 0.4) is 0 Å². The van der Waals surface area contributed by atoms with Gasteiger partial charge in [-0.3, -0.25) is 4.79 Å². The Bertz CT molecular complexity index is 480. The fraction of sp³-hybridized carbons (Fsp3) is 0. The van der Waals surface area contributed by atoms with Gasteiger partial charge in [-0.1, -0.05) is 24.2 Å². The van der Waals surface area contributed by atoms with Gasteiger partial charge in [-0.25, -0.2) is 4.98 Å². The van der Waals surface area contributed by atoms with Gasteiger partial charge in [-0.15, -0.1) is 11.3 Å². The van der Waals surface area contributed by atoms with Gasteiger partial charge in [0.15, 0.2) is 0 Å². The summed E-state index contributed by atoms with van der Waals surface area (Å²) in [5.74, 6) is 0. The second-order valence-electron chi connectivity index (χ2n) is 2.44. The third kappa shape index (κ3) is 1.70. The largest absolute Gasteiger partial charge is 0.281 e. The number of rotatable bonds is 1. The standard InChI is InChI=1S/C8H4ClNOS2/c9-6-2-1-4-3-5(8(11)12)13-7(4)10-6/h1-3H,(H,11,12). The fourth-order valence-electron chi connectivity index (χ4n) is 1.00. The van der Waals surface area contributed by atoms with E-state index < -0.39 is 0 Å². The minimum atomic E-state index is -0.237. The summed E-state index contributed by atoms with van der Waals surface area (Å²) in [5, 5.41) is 1.12. The first-order chi connectivity index (χ1) is 6.16. The molecule has 2 rings (SSSR count). The lowest BCUT2D eigenvalue weighted by atomic mass is 10.3. The molecule has 5 heteroatoms. The molecular formula is C8H4ClNOS2. The van der Waals surface area contributed by atoms with Crippen molar-refractivity contribution in [3.8, 4) is 0 Å². The molecule has 0 aliphatic rings. The number of halogens is 1. The molecule has 0 aromatic carbocycles. The van der Waals surface area contributed by atoms with E-state index in [-0.39, 0.29) is 5.12 Å². The smallest absolute Gasteiger partial charge is 0.226 e. The Kier molecular flexibility index (Phi) is 2.27. The second kappa shape index (κ2) is 3.29. The quantitative estimate of drug-likeness (QED) is 0.602. The van der Waals surface area contributed by atoms with Crippen molar-refractivity contribution in [3.05, 3.63) is 28.2 Å². The van der Waals surface area contributed by atoms with E-state index in [1.54, 1.807) is 12.1 Å². The van der Waals surface area contributed by atoms with Crippen molar-refractivity contribution in [3.63, 3.8) is 0 Å². The van der Waals surface area contributed by atoms with Crippen LogP contribution in [0.5, 0.6) is 0 Å². The van der Waals surface area contributed by atoms with Crippen molar-refractivity contribution in [1.29, 1.82) is 0 Å². The molecular weight excluding hydrogens is 226 g/mol. The highest BCUT2D eigenvalue weighted by molar-refractivity contribution is 7.97. The Morgan fingerprint density at radius 1 is 1.54 bits per heavy atom. The second-order valence-corrected chi connectivity index (χ2v) is 4.27. The normalized spacial score (nSPS) is 10.6. The van der Waals surface area contributed by atoms with Crippen molar-refractivity contribution >= 4 is 50.9 Å². The zero-order chi connectivity index (χ0) is 9.42. The SMILES string of the molecule is O=C(S)c1cc2ccc(Cl)nc2s1. The molecule has 2 aromatic heterocycles. The van der Waals surface area contributed by atoms with Gasteiger partial charge in [-0.05, 0) is 18.2 Å². The van der Waals surface area contributed by atoms with Crippen molar-refractivity contribution in [2.45, 2.75) is 0 Å². The Balaban J connectivity index is 2.68. The number of thiophene rings is 1. The summed E-state index contributed by atoms with van der Waals surface area (Å²) in [5.41, 5.74) is 0. The van der Waals surface area contributed by atoms with Crippen LogP contribution in [0.15, 0.2) is 18.2 Å². The van der Waals surface area contributed by atoms with Gasteiger partial charge >= 0.3 is 0 Å². The first kappa shape index (κ1) is 8.99. The molecule has 13 heavy (non-hydrogen) atoms. The predicted octanol–water partition coefficient (Wildman–Crippen LogP) is 3.02. The Morgan fingerprint density at radius 2 is 2.31 bits per heavy atom. The van der Waals surface area contributed by atoms with Crippen molar-refractivity contribution in [2.24, 2.45) is 0 Å². The maximum Gasteiger partial charge on any atom is 0.226 e. The molecule has 0 aliphatic carbocycles. The van der Waals surface area contributed by atoms with Crippen LogP contribution in [-0.2, 0) is 0 Å². The average Bonchev–Trinajstić information content (AvgIpc) is 2.46. The molecule has 0 unspecified atom stereocenters. The van der Waals surface area contributed by atoms with E-state index in [0.717, 1.165) is 10.2 Å². The van der Waals surface area contributed by atoms with Crippen molar-refractivity contribution < 1.29 is 4.79 Å². The highest BCUT2D eigenvalue weighted by atomic mass is 35.5. The van der Waals surface area contributed by atoms with Crippen LogP contribution in [0.25, 0.3) is 10.2 Å². The van der Waals surface area contributed by atoms with Crippen LogP contribution in [0.4, 0.5) is 0 Å². The van der Waals surface area contributed by atoms with E-state index in [1.807, 2.05) is 6.07 Å². The first-order valence-corrected chi connectivity index (χ1v) is 5.10. The molecule has 0 saturated carbocycles. The van der Waals surface area contributed by atoms with Crippen molar-refractivity contribution in [2.75, 3.05) is 0 Å². The molecule has 2 aromatic rings. The van der Waals surface area contributed by atoms with Crippen LogP contribution in [0, 0.1) is 0 Å². The number of thiol groups is 1. The molecule has 0 bridgehead atoms. The molecule has 0 atom stereocenters. The Morgan fingerprint density at radius 3 is 3.00 bits per heavy atom. The highest BCUT2D eigenvalue weighted by Gasteiger charge is 2.07. The van der Waals surface area contributed by atoms with Gasteiger partial charge in [0.05, 0.1) is 4.88 Å². The number of carbonyl (C=O) groups is 1. The van der Waals surface area contributed by atoms with Crippen LogP contribution in [-0.4, -0.2) is 10.1 Å². The van der Waals surface area contributed by atoms with Gasteiger partial charge < -0.3 is 0 Å². The summed E-state index contributed by atoms with van der Waals surface area (Å²) in [7, 11) is 0. The summed E-state index contributed by atoms with van der Waals surface area (Å²) < 4.78 is 0. The lowest BCUT2D eigenvalue weighted by Gasteiger charge is -1.87. The molecule has 0 N–H and O–H groups in total. The summed E-state index contributed by atoms with van der Waals surface area (Å²) in [4.78, 5) is 16.3. The maximum atomic E-state index is 10.9. The Hall–Kier alpha value is -0.580. The maximum absolute atomic E-state index is 10.9. The van der Waals surface area contributed by atoms with E-state index in [9.17, 15) is 4.79 Å². The predicted molar refractivity (Wildman–Crippen MR) is 57.9 cm³/mol. The number of pyridine rings is 1. The topological polar surface area (TPSA) is 30.0 Å². The third-order valence-electron chi connectivity index (χ3n) is 1.56. The van der Waals surface area contributed by atoms with E-state index >= 15 is 0 Å². The molecule has 2 nitrogen and oxygen atoms in total. The third-order valence-corrected chi connectivity index (χ3v) is 3.21. The van der Waals surface area contributed by atoms with Crippen LogP contribution < -0.4 is 0 Å². The molecule has 0 aliphatic heterocycles. The summed E-state index contributed by atoms with van der Waals surface area (Å²) >= 11 is 10.7. The van der Waals surface area contributed by atoms with E-state index in [2.05, 4.69) is 17.6 Å². The van der Waals surface area contributed by atoms with Gasteiger partial charge in [0, 0.05) is 5.39 Å². The minimum Gasteiger partial charge on any atom is -0.281 e. The first-order valence-electron chi connectivity index (χ1n) is 3.46. The number of nitrogens with zero attached hydrogens (tertiary/aromatic N) is 1. The van der Waals surface area contributed by atoms with E-state index in [4.69, 9.17) is 11.6 Å². The number of aromatic nitrogens is 1. The fourth-order valence-corrected chi connectivity index (χ4v) is 2.27. The lowest BCUT2D eigenvalue weighted by molar-refractivity contribution is 0.109.